The molecule has 1 saturated heterocycles. The fourth-order valence-electron chi connectivity index (χ4n) is 2.38. The van der Waals surface area contributed by atoms with Crippen LogP contribution in [0.4, 0.5) is 0 Å². The van der Waals surface area contributed by atoms with Gasteiger partial charge in [0.25, 0.3) is 0 Å². The van der Waals surface area contributed by atoms with Crippen LogP contribution in [-0.2, 0) is 19.0 Å². The van der Waals surface area contributed by atoms with E-state index < -0.39 is 0 Å². The Morgan fingerprint density at radius 2 is 2.08 bits per heavy atom. The van der Waals surface area contributed by atoms with Crippen LogP contribution in [0, 0.1) is 0 Å². The molecule has 0 amide bonds. The van der Waals surface area contributed by atoms with Crippen molar-refractivity contribution in [1.29, 1.82) is 0 Å². The van der Waals surface area contributed by atoms with Gasteiger partial charge in [0.05, 0.1) is 25.9 Å². The van der Waals surface area contributed by atoms with E-state index >= 15 is 0 Å². The predicted octanol–water partition coefficient (Wildman–Crippen LogP) is 2.74. The van der Waals surface area contributed by atoms with E-state index in [2.05, 4.69) is 11.5 Å². The molecule has 5 nitrogen and oxygen atoms in total. The van der Waals surface area contributed by atoms with E-state index in [1.165, 1.54) is 5.57 Å². The van der Waals surface area contributed by atoms with Crippen molar-refractivity contribution in [2.24, 2.45) is 0 Å². The standard InChI is InChI=1S/C19H31NO4/c1-4-5-7-18(8-6-10-20-11-14-22-15-12-20)9-13-23-16-19(21)24-17(2)3/h4-5,7,9,17H,1,6,8,10-16H2,2-3H3/b7-5-,18-9+. The molecule has 24 heavy (non-hydrogen) atoms. The van der Waals surface area contributed by atoms with Crippen molar-refractivity contribution in [3.05, 3.63) is 36.5 Å². The number of hydrogen-bond donors (Lipinski definition) is 0. The Balaban J connectivity index is 2.30. The maximum absolute atomic E-state index is 11.4. The SMILES string of the molecule is C=C/C=C\C(=C/COCC(=O)OC(C)C)CCCN1CCOCC1. The van der Waals surface area contributed by atoms with Crippen molar-refractivity contribution in [3.63, 3.8) is 0 Å². The van der Waals surface area contributed by atoms with Crippen molar-refractivity contribution >= 4 is 5.97 Å². The number of carbonyl (C=O) groups is 1. The number of esters is 1. The van der Waals surface area contributed by atoms with Crippen LogP contribution in [0.2, 0.25) is 0 Å². The highest BCUT2D eigenvalue weighted by Crippen LogP contribution is 2.09. The van der Waals surface area contributed by atoms with Crippen LogP contribution in [0.3, 0.4) is 0 Å². The summed E-state index contributed by atoms with van der Waals surface area (Å²) in [7, 11) is 0. The highest BCUT2D eigenvalue weighted by molar-refractivity contribution is 5.70. The minimum atomic E-state index is -0.325. The summed E-state index contributed by atoms with van der Waals surface area (Å²) in [5, 5.41) is 0. The normalized spacial score (nSPS) is 16.7. The molecule has 0 aliphatic carbocycles. The van der Waals surface area contributed by atoms with Crippen molar-refractivity contribution in [2.45, 2.75) is 32.8 Å². The second-order valence-electron chi connectivity index (χ2n) is 5.99. The zero-order valence-electron chi connectivity index (χ0n) is 15.0. The number of morpholine rings is 1. The van der Waals surface area contributed by atoms with Gasteiger partial charge < -0.3 is 14.2 Å². The number of ether oxygens (including phenoxy) is 3. The van der Waals surface area contributed by atoms with E-state index in [-0.39, 0.29) is 18.7 Å². The third kappa shape index (κ3) is 10.4. The number of nitrogens with zero attached hydrogens (tertiary/aromatic N) is 1. The summed E-state index contributed by atoms with van der Waals surface area (Å²) in [6.45, 7) is 12.5. The minimum Gasteiger partial charge on any atom is -0.461 e. The lowest BCUT2D eigenvalue weighted by atomic mass is 10.1. The molecular weight excluding hydrogens is 306 g/mol. The Morgan fingerprint density at radius 3 is 2.75 bits per heavy atom. The molecule has 0 bridgehead atoms. The monoisotopic (exact) mass is 337 g/mol. The van der Waals surface area contributed by atoms with Crippen molar-refractivity contribution in [2.75, 3.05) is 46.1 Å². The average Bonchev–Trinajstić information content (AvgIpc) is 2.56. The van der Waals surface area contributed by atoms with Crippen LogP contribution in [-0.4, -0.2) is 63.0 Å². The second-order valence-corrected chi connectivity index (χ2v) is 5.99. The Labute approximate surface area is 145 Å². The zero-order chi connectivity index (χ0) is 17.6. The first-order valence-electron chi connectivity index (χ1n) is 8.67. The lowest BCUT2D eigenvalue weighted by molar-refractivity contribution is -0.152. The molecule has 1 heterocycles. The van der Waals surface area contributed by atoms with Crippen molar-refractivity contribution in [3.8, 4) is 0 Å². The van der Waals surface area contributed by atoms with Gasteiger partial charge in [-0.25, -0.2) is 4.79 Å². The van der Waals surface area contributed by atoms with E-state index in [9.17, 15) is 4.79 Å². The van der Waals surface area contributed by atoms with Crippen LogP contribution in [0.5, 0.6) is 0 Å². The summed E-state index contributed by atoms with van der Waals surface area (Å²) in [4.78, 5) is 13.8. The Bertz CT molecular complexity index is 423. The number of allylic oxidation sites excluding steroid dienone is 4. The molecule has 0 atom stereocenters. The fourth-order valence-corrected chi connectivity index (χ4v) is 2.38. The summed E-state index contributed by atoms with van der Waals surface area (Å²) in [6, 6.07) is 0. The Kier molecular flexibility index (Phi) is 11.1. The third-order valence-electron chi connectivity index (χ3n) is 3.54. The fraction of sp³-hybridized carbons (Fsp3) is 0.632. The highest BCUT2D eigenvalue weighted by Gasteiger charge is 2.09. The minimum absolute atomic E-state index is 0.0130. The molecule has 0 saturated carbocycles. The molecule has 5 heteroatoms. The quantitative estimate of drug-likeness (QED) is 0.330. The Morgan fingerprint density at radius 1 is 1.33 bits per heavy atom. The van der Waals surface area contributed by atoms with Gasteiger partial charge in [-0.3, -0.25) is 4.90 Å². The van der Waals surface area contributed by atoms with Crippen LogP contribution in [0.25, 0.3) is 0 Å². The molecule has 1 aliphatic heterocycles. The lowest BCUT2D eigenvalue weighted by Gasteiger charge is -2.26. The molecule has 0 aromatic heterocycles. The molecule has 1 fully saturated rings. The smallest absolute Gasteiger partial charge is 0.332 e. The molecule has 136 valence electrons. The lowest BCUT2D eigenvalue weighted by Crippen LogP contribution is -2.36. The number of rotatable bonds is 11. The molecule has 0 aromatic rings. The number of hydrogen-bond acceptors (Lipinski definition) is 5. The van der Waals surface area contributed by atoms with E-state index in [0.29, 0.717) is 6.61 Å². The maximum Gasteiger partial charge on any atom is 0.332 e. The largest absolute Gasteiger partial charge is 0.461 e. The van der Waals surface area contributed by atoms with Gasteiger partial charge in [0, 0.05) is 13.1 Å². The molecule has 1 aliphatic rings. The summed E-state index contributed by atoms with van der Waals surface area (Å²) in [6.07, 6.45) is 9.70. The van der Waals surface area contributed by atoms with Gasteiger partial charge in [-0.2, -0.15) is 0 Å². The molecule has 0 radical (unpaired) electrons. The van der Waals surface area contributed by atoms with Gasteiger partial charge in [-0.15, -0.1) is 0 Å². The third-order valence-corrected chi connectivity index (χ3v) is 3.54. The van der Waals surface area contributed by atoms with Gasteiger partial charge in [-0.1, -0.05) is 30.9 Å². The van der Waals surface area contributed by atoms with Crippen LogP contribution < -0.4 is 0 Å². The first-order valence-corrected chi connectivity index (χ1v) is 8.67. The zero-order valence-corrected chi connectivity index (χ0v) is 15.0. The summed E-state index contributed by atoms with van der Waals surface area (Å²) in [5.74, 6) is -0.325. The maximum atomic E-state index is 11.4. The molecular formula is C19H31NO4. The van der Waals surface area contributed by atoms with Gasteiger partial charge >= 0.3 is 5.97 Å². The molecule has 0 unspecified atom stereocenters. The van der Waals surface area contributed by atoms with Crippen LogP contribution in [0.15, 0.2) is 36.5 Å². The average molecular weight is 337 g/mol. The van der Waals surface area contributed by atoms with E-state index in [1.54, 1.807) is 6.08 Å². The van der Waals surface area contributed by atoms with Gasteiger partial charge in [0.2, 0.25) is 0 Å². The van der Waals surface area contributed by atoms with Crippen LogP contribution in [0.1, 0.15) is 26.7 Å². The van der Waals surface area contributed by atoms with Crippen molar-refractivity contribution in [1.82, 2.24) is 4.90 Å². The summed E-state index contributed by atoms with van der Waals surface area (Å²) in [5.41, 5.74) is 1.19. The molecule has 0 spiro atoms. The van der Waals surface area contributed by atoms with E-state index in [1.807, 2.05) is 32.1 Å². The van der Waals surface area contributed by atoms with Gasteiger partial charge in [-0.05, 0) is 38.8 Å². The highest BCUT2D eigenvalue weighted by atomic mass is 16.6. The van der Waals surface area contributed by atoms with Gasteiger partial charge in [0.15, 0.2) is 0 Å². The first kappa shape index (κ1) is 20.6. The van der Waals surface area contributed by atoms with E-state index in [4.69, 9.17) is 14.2 Å². The second kappa shape index (κ2) is 12.9. The number of carbonyl (C=O) groups excluding carboxylic acids is 1. The van der Waals surface area contributed by atoms with Gasteiger partial charge in [0.1, 0.15) is 6.61 Å². The summed E-state index contributed by atoms with van der Waals surface area (Å²) < 4.78 is 15.8. The van der Waals surface area contributed by atoms with Crippen LogP contribution >= 0.6 is 0 Å². The summed E-state index contributed by atoms with van der Waals surface area (Å²) >= 11 is 0. The topological polar surface area (TPSA) is 48.0 Å². The molecule has 1 rings (SSSR count). The van der Waals surface area contributed by atoms with E-state index in [0.717, 1.165) is 45.7 Å². The van der Waals surface area contributed by atoms with Crippen molar-refractivity contribution < 1.29 is 19.0 Å². The Hall–Kier alpha value is -1.43. The first-order chi connectivity index (χ1) is 11.6. The molecule has 0 aromatic carbocycles. The molecule has 0 N–H and O–H groups in total. The predicted molar refractivity (Wildman–Crippen MR) is 96.0 cm³/mol.